The molecule has 1 aliphatic rings. The highest BCUT2D eigenvalue weighted by Crippen LogP contribution is 2.33. The normalized spacial score (nSPS) is 16.2. The molecule has 1 aliphatic heterocycles. The molecule has 168 valence electrons. The molecule has 0 radical (unpaired) electrons. The number of piperidine rings is 1. The molecule has 1 saturated heterocycles. The fraction of sp³-hybridized carbons (Fsp3) is 0.292. The lowest BCUT2D eigenvalue weighted by atomic mass is 10.0. The number of aryl methyl sites for hydroxylation is 2. The second-order valence-corrected chi connectivity index (χ2v) is 8.63. The molecule has 1 N–H and O–H groups in total. The summed E-state index contributed by atoms with van der Waals surface area (Å²) in [6.45, 7) is 5.35. The van der Waals surface area contributed by atoms with Gasteiger partial charge in [-0.15, -0.1) is 10.2 Å². The van der Waals surface area contributed by atoms with Gasteiger partial charge in [0, 0.05) is 36.3 Å². The smallest absolute Gasteiger partial charge is 0.266 e. The number of benzene rings is 1. The molecule has 33 heavy (non-hydrogen) atoms. The molecular formula is C24H23ClN6O2. The molecule has 0 bridgehead atoms. The first kappa shape index (κ1) is 21.5. The Morgan fingerprint density at radius 2 is 2.06 bits per heavy atom. The molecule has 0 aliphatic carbocycles. The zero-order valence-electron chi connectivity index (χ0n) is 18.4. The van der Waals surface area contributed by atoms with Gasteiger partial charge in [-0.1, -0.05) is 11.6 Å². The van der Waals surface area contributed by atoms with E-state index in [1.807, 2.05) is 30.0 Å². The SMILES string of the molecule is Cc1nnc(-c2ccc(C(=O)N(c3nccc4cc(Cl)cc(C)c34)[C@@H]3CCCNC3)cn2)o1. The maximum atomic E-state index is 13.9. The molecule has 0 spiro atoms. The van der Waals surface area contributed by atoms with E-state index in [-0.39, 0.29) is 11.9 Å². The molecule has 4 heterocycles. The van der Waals surface area contributed by atoms with Crippen molar-refractivity contribution in [3.63, 3.8) is 0 Å². The van der Waals surface area contributed by atoms with Gasteiger partial charge in [-0.2, -0.15) is 0 Å². The van der Waals surface area contributed by atoms with Crippen LogP contribution in [0, 0.1) is 13.8 Å². The highest BCUT2D eigenvalue weighted by Gasteiger charge is 2.30. The fourth-order valence-electron chi connectivity index (χ4n) is 4.32. The highest BCUT2D eigenvalue weighted by molar-refractivity contribution is 6.31. The Morgan fingerprint density at radius 1 is 1.18 bits per heavy atom. The number of aromatic nitrogens is 4. The summed E-state index contributed by atoms with van der Waals surface area (Å²) in [7, 11) is 0. The Bertz CT molecular complexity index is 1310. The van der Waals surface area contributed by atoms with Gasteiger partial charge in [-0.25, -0.2) is 4.98 Å². The van der Waals surface area contributed by atoms with E-state index >= 15 is 0 Å². The van der Waals surface area contributed by atoms with E-state index in [9.17, 15) is 4.79 Å². The maximum absolute atomic E-state index is 13.9. The molecule has 5 rings (SSSR count). The molecule has 1 atom stereocenters. The molecule has 4 aromatic rings. The van der Waals surface area contributed by atoms with Crippen LogP contribution >= 0.6 is 11.6 Å². The first-order valence-corrected chi connectivity index (χ1v) is 11.2. The summed E-state index contributed by atoms with van der Waals surface area (Å²) < 4.78 is 5.44. The number of anilines is 1. The van der Waals surface area contributed by atoms with Crippen LogP contribution in [-0.4, -0.2) is 45.2 Å². The van der Waals surface area contributed by atoms with Crippen molar-refractivity contribution in [1.29, 1.82) is 0 Å². The van der Waals surface area contributed by atoms with Crippen LogP contribution in [0.25, 0.3) is 22.4 Å². The minimum absolute atomic E-state index is 0.0299. The Kier molecular flexibility index (Phi) is 5.78. The predicted molar refractivity (Wildman–Crippen MR) is 126 cm³/mol. The van der Waals surface area contributed by atoms with E-state index in [1.54, 1.807) is 31.5 Å². The van der Waals surface area contributed by atoms with E-state index in [2.05, 4.69) is 25.5 Å². The van der Waals surface area contributed by atoms with Gasteiger partial charge in [0.15, 0.2) is 0 Å². The predicted octanol–water partition coefficient (Wildman–Crippen LogP) is 4.35. The quantitative estimate of drug-likeness (QED) is 0.481. The number of halogens is 1. The van der Waals surface area contributed by atoms with Crippen LogP contribution in [0.3, 0.4) is 0 Å². The number of nitrogens with zero attached hydrogens (tertiary/aromatic N) is 5. The Morgan fingerprint density at radius 3 is 2.76 bits per heavy atom. The monoisotopic (exact) mass is 462 g/mol. The number of fused-ring (bicyclic) bond motifs is 1. The van der Waals surface area contributed by atoms with Gasteiger partial charge in [-0.05, 0) is 67.6 Å². The minimum Gasteiger partial charge on any atom is -0.420 e. The largest absolute Gasteiger partial charge is 0.420 e. The number of pyridine rings is 2. The number of rotatable bonds is 4. The van der Waals surface area contributed by atoms with Crippen molar-refractivity contribution >= 4 is 34.1 Å². The van der Waals surface area contributed by atoms with Crippen LogP contribution in [-0.2, 0) is 0 Å². The van der Waals surface area contributed by atoms with Crippen molar-refractivity contribution in [2.75, 3.05) is 18.0 Å². The summed E-state index contributed by atoms with van der Waals surface area (Å²) in [5, 5.41) is 13.8. The van der Waals surface area contributed by atoms with Gasteiger partial charge >= 0.3 is 0 Å². The molecule has 8 nitrogen and oxygen atoms in total. The molecule has 1 amide bonds. The molecule has 0 unspecified atom stereocenters. The number of nitrogens with one attached hydrogen (secondary N) is 1. The van der Waals surface area contributed by atoms with E-state index in [0.717, 1.165) is 35.7 Å². The summed E-state index contributed by atoms with van der Waals surface area (Å²) in [6, 6.07) is 9.15. The lowest BCUT2D eigenvalue weighted by molar-refractivity contribution is 0.0971. The van der Waals surface area contributed by atoms with E-state index in [0.29, 0.717) is 40.4 Å². The second kappa shape index (κ2) is 8.88. The third-order valence-electron chi connectivity index (χ3n) is 5.84. The lowest BCUT2D eigenvalue weighted by Gasteiger charge is -2.34. The van der Waals surface area contributed by atoms with E-state index < -0.39 is 0 Å². The standard InChI is InChI=1S/C24H23ClN6O2/c1-14-10-18(25)11-16-7-9-27-22(21(14)16)31(19-4-3-8-26-13-19)24(32)17-5-6-20(28-12-17)23-30-29-15(2)33-23/h5-7,9-12,19,26H,3-4,8,13H2,1-2H3/t19-/m1/s1. The minimum atomic E-state index is -0.154. The summed E-state index contributed by atoms with van der Waals surface area (Å²) in [6.07, 6.45) is 5.15. The number of carbonyl (C=O) groups is 1. The van der Waals surface area contributed by atoms with Crippen molar-refractivity contribution in [3.05, 3.63) is 64.8 Å². The van der Waals surface area contributed by atoms with Gasteiger partial charge in [0.2, 0.25) is 5.89 Å². The van der Waals surface area contributed by atoms with Gasteiger partial charge in [0.05, 0.1) is 11.6 Å². The zero-order valence-corrected chi connectivity index (χ0v) is 19.1. The molecule has 1 fully saturated rings. The average Bonchev–Trinajstić information content (AvgIpc) is 3.26. The van der Waals surface area contributed by atoms with Crippen molar-refractivity contribution < 1.29 is 9.21 Å². The zero-order chi connectivity index (χ0) is 22.9. The van der Waals surface area contributed by atoms with Crippen LogP contribution in [0.15, 0.2) is 47.1 Å². The van der Waals surface area contributed by atoms with E-state index in [1.165, 1.54) is 0 Å². The summed E-state index contributed by atoms with van der Waals surface area (Å²) >= 11 is 6.29. The average molecular weight is 463 g/mol. The number of hydrogen-bond acceptors (Lipinski definition) is 7. The molecule has 3 aromatic heterocycles. The van der Waals surface area contributed by atoms with Crippen molar-refractivity contribution in [2.45, 2.75) is 32.7 Å². The third-order valence-corrected chi connectivity index (χ3v) is 6.06. The number of hydrogen-bond donors (Lipinski definition) is 1. The summed E-state index contributed by atoms with van der Waals surface area (Å²) in [5.74, 6) is 1.26. The maximum Gasteiger partial charge on any atom is 0.266 e. The third kappa shape index (κ3) is 4.19. The van der Waals surface area contributed by atoms with Crippen LogP contribution in [0.4, 0.5) is 5.82 Å². The fourth-order valence-corrected chi connectivity index (χ4v) is 4.60. The Balaban J connectivity index is 1.58. The summed E-state index contributed by atoms with van der Waals surface area (Å²) in [5.41, 5.74) is 1.96. The van der Waals surface area contributed by atoms with Gasteiger partial charge in [-0.3, -0.25) is 14.7 Å². The van der Waals surface area contributed by atoms with Crippen LogP contribution in [0.1, 0.15) is 34.7 Å². The van der Waals surface area contributed by atoms with Crippen LogP contribution < -0.4 is 10.2 Å². The number of amides is 1. The van der Waals surface area contributed by atoms with Crippen molar-refractivity contribution in [3.8, 4) is 11.6 Å². The Labute approximate surface area is 196 Å². The molecular weight excluding hydrogens is 440 g/mol. The van der Waals surface area contributed by atoms with Crippen molar-refractivity contribution in [1.82, 2.24) is 25.5 Å². The number of carbonyl (C=O) groups excluding carboxylic acids is 1. The van der Waals surface area contributed by atoms with Crippen molar-refractivity contribution in [2.24, 2.45) is 0 Å². The molecule has 1 aromatic carbocycles. The first-order valence-electron chi connectivity index (χ1n) is 10.9. The van der Waals surface area contributed by atoms with Crippen LogP contribution in [0.2, 0.25) is 5.02 Å². The lowest BCUT2D eigenvalue weighted by Crippen LogP contribution is -2.49. The first-order chi connectivity index (χ1) is 16.0. The van der Waals surface area contributed by atoms with Gasteiger partial charge in [0.1, 0.15) is 11.5 Å². The molecule has 9 heteroatoms. The Hall–Kier alpha value is -3.36. The topological polar surface area (TPSA) is 97.0 Å². The van der Waals surface area contributed by atoms with Gasteiger partial charge < -0.3 is 9.73 Å². The van der Waals surface area contributed by atoms with Gasteiger partial charge in [0.25, 0.3) is 11.8 Å². The summed E-state index contributed by atoms with van der Waals surface area (Å²) in [4.78, 5) is 24.7. The van der Waals surface area contributed by atoms with Crippen LogP contribution in [0.5, 0.6) is 0 Å². The molecule has 0 saturated carbocycles. The second-order valence-electron chi connectivity index (χ2n) is 8.19. The van der Waals surface area contributed by atoms with E-state index in [4.69, 9.17) is 16.0 Å². The highest BCUT2D eigenvalue weighted by atomic mass is 35.5.